The molecule has 0 aromatic heterocycles. The first-order valence-electron chi connectivity index (χ1n) is 6.77. The van der Waals surface area contributed by atoms with E-state index in [1.54, 1.807) is 0 Å². The number of nitrogens with two attached hydrogens (primary N) is 1. The fourth-order valence-electron chi connectivity index (χ4n) is 2.06. The first-order chi connectivity index (χ1) is 9.56. The highest BCUT2D eigenvalue weighted by Crippen LogP contribution is 2.30. The minimum atomic E-state index is 0.117. The van der Waals surface area contributed by atoms with Gasteiger partial charge >= 0.3 is 0 Å². The third-order valence-electron chi connectivity index (χ3n) is 3.09. The molecule has 20 heavy (non-hydrogen) atoms. The Hall–Kier alpha value is -1.32. The van der Waals surface area contributed by atoms with Crippen LogP contribution in [0.25, 0.3) is 0 Å². The van der Waals surface area contributed by atoms with E-state index in [-0.39, 0.29) is 6.04 Å². The average molecular weight is 334 g/mol. The number of rotatable bonds is 5. The van der Waals surface area contributed by atoms with Crippen LogP contribution in [0.2, 0.25) is 0 Å². The lowest BCUT2D eigenvalue weighted by atomic mass is 10.1. The standard InChI is InChI=1S/C17H20BrNO/c1-12-6-8-14(9-7-12)11-20-17-15(10-13(2)19)4-3-5-16(17)18/h3-9,13H,10-11,19H2,1-2H3. The summed E-state index contributed by atoms with van der Waals surface area (Å²) >= 11 is 3.56. The summed E-state index contributed by atoms with van der Waals surface area (Å²) in [5, 5.41) is 0. The summed E-state index contributed by atoms with van der Waals surface area (Å²) in [7, 11) is 0. The topological polar surface area (TPSA) is 35.2 Å². The van der Waals surface area contributed by atoms with Crippen molar-refractivity contribution in [2.45, 2.75) is 32.9 Å². The molecule has 106 valence electrons. The molecule has 2 rings (SSSR count). The lowest BCUT2D eigenvalue weighted by Crippen LogP contribution is -2.18. The van der Waals surface area contributed by atoms with E-state index >= 15 is 0 Å². The Morgan fingerprint density at radius 2 is 1.85 bits per heavy atom. The van der Waals surface area contributed by atoms with Gasteiger partial charge in [0.05, 0.1) is 4.47 Å². The molecule has 2 aromatic carbocycles. The molecule has 2 nitrogen and oxygen atoms in total. The molecule has 0 fully saturated rings. The van der Waals surface area contributed by atoms with Crippen LogP contribution in [0.3, 0.4) is 0 Å². The van der Waals surface area contributed by atoms with Crippen molar-refractivity contribution in [3.8, 4) is 5.75 Å². The molecule has 0 aliphatic heterocycles. The predicted molar refractivity (Wildman–Crippen MR) is 87.0 cm³/mol. The summed E-state index contributed by atoms with van der Waals surface area (Å²) in [6, 6.07) is 14.6. The Morgan fingerprint density at radius 3 is 2.50 bits per heavy atom. The zero-order valence-electron chi connectivity index (χ0n) is 11.9. The normalized spacial score (nSPS) is 12.2. The lowest BCUT2D eigenvalue weighted by Gasteiger charge is -2.15. The quantitative estimate of drug-likeness (QED) is 0.888. The highest BCUT2D eigenvalue weighted by atomic mass is 79.9. The van der Waals surface area contributed by atoms with Gasteiger partial charge in [-0.1, -0.05) is 42.0 Å². The van der Waals surface area contributed by atoms with Crippen molar-refractivity contribution >= 4 is 15.9 Å². The van der Waals surface area contributed by atoms with Gasteiger partial charge in [0.15, 0.2) is 0 Å². The second-order valence-corrected chi connectivity index (χ2v) is 6.04. The summed E-state index contributed by atoms with van der Waals surface area (Å²) in [4.78, 5) is 0. The summed E-state index contributed by atoms with van der Waals surface area (Å²) < 4.78 is 6.97. The summed E-state index contributed by atoms with van der Waals surface area (Å²) in [5.74, 6) is 0.894. The number of aryl methyl sites for hydroxylation is 1. The van der Waals surface area contributed by atoms with Crippen molar-refractivity contribution in [3.05, 3.63) is 63.6 Å². The Balaban J connectivity index is 2.13. The fourth-order valence-corrected chi connectivity index (χ4v) is 2.58. The SMILES string of the molecule is Cc1ccc(COc2c(Br)cccc2CC(C)N)cc1. The van der Waals surface area contributed by atoms with Crippen molar-refractivity contribution in [3.63, 3.8) is 0 Å². The van der Waals surface area contributed by atoms with Crippen LogP contribution in [0.1, 0.15) is 23.6 Å². The van der Waals surface area contributed by atoms with E-state index in [4.69, 9.17) is 10.5 Å². The van der Waals surface area contributed by atoms with Crippen molar-refractivity contribution in [1.82, 2.24) is 0 Å². The zero-order valence-corrected chi connectivity index (χ0v) is 13.5. The number of para-hydroxylation sites is 1. The molecule has 0 aliphatic rings. The van der Waals surface area contributed by atoms with Crippen LogP contribution in [-0.2, 0) is 13.0 Å². The molecule has 0 spiro atoms. The van der Waals surface area contributed by atoms with E-state index in [2.05, 4.69) is 53.2 Å². The number of hydrogen-bond acceptors (Lipinski definition) is 2. The van der Waals surface area contributed by atoms with Crippen molar-refractivity contribution in [2.24, 2.45) is 5.73 Å². The highest BCUT2D eigenvalue weighted by molar-refractivity contribution is 9.10. The first kappa shape index (κ1) is 15.1. The maximum atomic E-state index is 5.99. The van der Waals surface area contributed by atoms with Crippen LogP contribution in [0.4, 0.5) is 0 Å². The molecule has 0 heterocycles. The van der Waals surface area contributed by atoms with Crippen LogP contribution in [0, 0.1) is 6.92 Å². The molecule has 0 saturated heterocycles. The Labute approximate surface area is 129 Å². The van der Waals surface area contributed by atoms with Crippen LogP contribution in [0.15, 0.2) is 46.9 Å². The molecular weight excluding hydrogens is 314 g/mol. The third kappa shape index (κ3) is 4.09. The Morgan fingerprint density at radius 1 is 1.15 bits per heavy atom. The summed E-state index contributed by atoms with van der Waals surface area (Å²) in [6.07, 6.45) is 0.808. The van der Waals surface area contributed by atoms with E-state index in [9.17, 15) is 0 Å². The summed E-state index contributed by atoms with van der Waals surface area (Å²) in [5.41, 5.74) is 9.46. The van der Waals surface area contributed by atoms with E-state index in [1.165, 1.54) is 5.56 Å². The largest absolute Gasteiger partial charge is 0.487 e. The number of benzene rings is 2. The molecule has 1 atom stereocenters. The maximum absolute atomic E-state index is 5.99. The monoisotopic (exact) mass is 333 g/mol. The molecule has 0 radical (unpaired) electrons. The van der Waals surface area contributed by atoms with Crippen molar-refractivity contribution in [2.75, 3.05) is 0 Å². The molecule has 2 N–H and O–H groups in total. The van der Waals surface area contributed by atoms with E-state index in [0.717, 1.165) is 27.8 Å². The van der Waals surface area contributed by atoms with Gasteiger partial charge in [-0.2, -0.15) is 0 Å². The van der Waals surface area contributed by atoms with Gasteiger partial charge in [0.25, 0.3) is 0 Å². The smallest absolute Gasteiger partial charge is 0.137 e. The molecule has 2 aromatic rings. The van der Waals surface area contributed by atoms with Gasteiger partial charge in [0, 0.05) is 6.04 Å². The van der Waals surface area contributed by atoms with Gasteiger partial charge in [-0.3, -0.25) is 0 Å². The number of ether oxygens (including phenoxy) is 1. The van der Waals surface area contributed by atoms with E-state index in [1.807, 2.05) is 19.1 Å². The zero-order chi connectivity index (χ0) is 14.5. The van der Waals surface area contributed by atoms with Gasteiger partial charge in [-0.25, -0.2) is 0 Å². The molecule has 0 aliphatic carbocycles. The Kier molecular flexibility index (Phi) is 5.21. The van der Waals surface area contributed by atoms with Crippen LogP contribution >= 0.6 is 15.9 Å². The van der Waals surface area contributed by atoms with Gasteiger partial charge < -0.3 is 10.5 Å². The summed E-state index contributed by atoms with van der Waals surface area (Å²) in [6.45, 7) is 4.65. The van der Waals surface area contributed by atoms with Crippen LogP contribution in [-0.4, -0.2) is 6.04 Å². The van der Waals surface area contributed by atoms with Crippen molar-refractivity contribution < 1.29 is 4.74 Å². The number of hydrogen-bond donors (Lipinski definition) is 1. The lowest BCUT2D eigenvalue weighted by molar-refractivity contribution is 0.300. The predicted octanol–water partition coefficient (Wildman–Crippen LogP) is 4.23. The second kappa shape index (κ2) is 6.91. The molecule has 1 unspecified atom stereocenters. The van der Waals surface area contributed by atoms with Crippen LogP contribution in [0.5, 0.6) is 5.75 Å². The van der Waals surface area contributed by atoms with Gasteiger partial charge in [-0.05, 0) is 53.4 Å². The molecule has 3 heteroatoms. The molecule has 0 amide bonds. The van der Waals surface area contributed by atoms with E-state index < -0.39 is 0 Å². The molecule has 0 bridgehead atoms. The van der Waals surface area contributed by atoms with Gasteiger partial charge in [-0.15, -0.1) is 0 Å². The van der Waals surface area contributed by atoms with Crippen molar-refractivity contribution in [1.29, 1.82) is 0 Å². The highest BCUT2D eigenvalue weighted by Gasteiger charge is 2.10. The number of halogens is 1. The van der Waals surface area contributed by atoms with Gasteiger partial charge in [0.2, 0.25) is 0 Å². The van der Waals surface area contributed by atoms with Gasteiger partial charge in [0.1, 0.15) is 12.4 Å². The van der Waals surface area contributed by atoms with E-state index in [0.29, 0.717) is 6.61 Å². The Bertz CT molecular complexity index is 564. The maximum Gasteiger partial charge on any atom is 0.137 e. The minimum absolute atomic E-state index is 0.117. The average Bonchev–Trinajstić information content (AvgIpc) is 2.39. The second-order valence-electron chi connectivity index (χ2n) is 5.18. The molecule has 0 saturated carbocycles. The third-order valence-corrected chi connectivity index (χ3v) is 3.72. The fraction of sp³-hybridized carbons (Fsp3) is 0.294. The molecular formula is C17H20BrNO. The first-order valence-corrected chi connectivity index (χ1v) is 7.57. The van der Waals surface area contributed by atoms with Crippen LogP contribution < -0.4 is 10.5 Å². The minimum Gasteiger partial charge on any atom is -0.487 e.